The van der Waals surface area contributed by atoms with Gasteiger partial charge in [0.2, 0.25) is 0 Å². The van der Waals surface area contributed by atoms with Gasteiger partial charge in [-0.15, -0.1) is 0 Å². The standard InChI is InChI=1S/C20H15N5O/c1-20(18-9-4-7-15(12-21)24-18,19-10-5-8-16(13-22)25-19)26-14-17-6-2-3-11-23-17/h2-11H,14H2,1H3. The van der Waals surface area contributed by atoms with Gasteiger partial charge < -0.3 is 4.74 Å². The lowest BCUT2D eigenvalue weighted by atomic mass is 9.95. The second-order valence-electron chi connectivity index (χ2n) is 5.68. The van der Waals surface area contributed by atoms with Gasteiger partial charge in [0.1, 0.15) is 29.1 Å². The van der Waals surface area contributed by atoms with Crippen LogP contribution >= 0.6 is 0 Å². The van der Waals surface area contributed by atoms with Crippen LogP contribution in [0.15, 0.2) is 60.8 Å². The molecule has 0 fully saturated rings. The molecular weight excluding hydrogens is 326 g/mol. The normalized spacial score (nSPS) is 10.7. The number of aromatic nitrogens is 3. The Morgan fingerprint density at radius 1 is 0.885 bits per heavy atom. The van der Waals surface area contributed by atoms with Crippen molar-refractivity contribution in [3.8, 4) is 12.1 Å². The molecule has 6 heteroatoms. The summed E-state index contributed by atoms with van der Waals surface area (Å²) >= 11 is 0. The Balaban J connectivity index is 2.05. The van der Waals surface area contributed by atoms with Crippen LogP contribution in [0.2, 0.25) is 0 Å². The van der Waals surface area contributed by atoms with E-state index in [-0.39, 0.29) is 18.0 Å². The van der Waals surface area contributed by atoms with E-state index in [0.717, 1.165) is 5.69 Å². The number of nitriles is 2. The van der Waals surface area contributed by atoms with Gasteiger partial charge in [0.15, 0.2) is 0 Å². The van der Waals surface area contributed by atoms with Crippen LogP contribution in [0.25, 0.3) is 0 Å². The molecule has 126 valence electrons. The molecule has 26 heavy (non-hydrogen) atoms. The zero-order chi connectivity index (χ0) is 18.4. The van der Waals surface area contributed by atoms with Crippen LogP contribution < -0.4 is 0 Å². The molecule has 0 aliphatic heterocycles. The maximum Gasteiger partial charge on any atom is 0.149 e. The fourth-order valence-electron chi connectivity index (χ4n) is 2.51. The van der Waals surface area contributed by atoms with Gasteiger partial charge >= 0.3 is 0 Å². The van der Waals surface area contributed by atoms with Crippen molar-refractivity contribution >= 4 is 0 Å². The summed E-state index contributed by atoms with van der Waals surface area (Å²) < 4.78 is 6.18. The summed E-state index contributed by atoms with van der Waals surface area (Å²) in [6.45, 7) is 2.05. The topological polar surface area (TPSA) is 95.5 Å². The fourth-order valence-corrected chi connectivity index (χ4v) is 2.51. The number of nitrogens with zero attached hydrogens (tertiary/aromatic N) is 5. The summed E-state index contributed by atoms with van der Waals surface area (Å²) in [4.78, 5) is 13.0. The van der Waals surface area contributed by atoms with Gasteiger partial charge in [-0.3, -0.25) is 4.98 Å². The molecule has 0 saturated heterocycles. The van der Waals surface area contributed by atoms with Crippen molar-refractivity contribution < 1.29 is 4.74 Å². The Morgan fingerprint density at radius 3 is 2.00 bits per heavy atom. The van der Waals surface area contributed by atoms with Crippen LogP contribution in [-0.2, 0) is 16.9 Å². The maximum atomic E-state index is 9.17. The molecule has 0 N–H and O–H groups in total. The first-order valence-electron chi connectivity index (χ1n) is 7.95. The van der Waals surface area contributed by atoms with Crippen molar-refractivity contribution in [2.45, 2.75) is 19.1 Å². The average molecular weight is 341 g/mol. The zero-order valence-corrected chi connectivity index (χ0v) is 14.1. The van der Waals surface area contributed by atoms with Crippen LogP contribution in [0.1, 0.15) is 35.4 Å². The largest absolute Gasteiger partial charge is 0.356 e. The third kappa shape index (κ3) is 3.56. The van der Waals surface area contributed by atoms with Crippen molar-refractivity contribution in [1.29, 1.82) is 10.5 Å². The van der Waals surface area contributed by atoms with E-state index in [9.17, 15) is 0 Å². The SMILES string of the molecule is CC(OCc1ccccn1)(c1cccc(C#N)n1)c1cccc(C#N)n1. The number of rotatable bonds is 5. The Morgan fingerprint density at radius 2 is 1.50 bits per heavy atom. The second kappa shape index (κ2) is 7.52. The van der Waals surface area contributed by atoms with Crippen LogP contribution in [0.3, 0.4) is 0 Å². The molecule has 0 radical (unpaired) electrons. The molecule has 3 aromatic heterocycles. The number of ether oxygens (including phenoxy) is 1. The Hall–Kier alpha value is -3.61. The van der Waals surface area contributed by atoms with Gasteiger partial charge in [-0.2, -0.15) is 10.5 Å². The summed E-state index contributed by atoms with van der Waals surface area (Å²) in [6, 6.07) is 19.9. The molecule has 0 bridgehead atoms. The van der Waals surface area contributed by atoms with E-state index in [4.69, 9.17) is 15.3 Å². The minimum Gasteiger partial charge on any atom is -0.356 e. The first kappa shape index (κ1) is 17.2. The summed E-state index contributed by atoms with van der Waals surface area (Å²) in [5.41, 5.74) is 1.35. The molecular formula is C20H15N5O. The predicted molar refractivity (Wildman–Crippen MR) is 93.4 cm³/mol. The summed E-state index contributed by atoms with van der Waals surface area (Å²) in [6.07, 6.45) is 1.69. The Labute approximate surface area is 151 Å². The highest BCUT2D eigenvalue weighted by Crippen LogP contribution is 2.32. The third-order valence-electron chi connectivity index (χ3n) is 3.94. The molecule has 6 nitrogen and oxygen atoms in total. The fraction of sp³-hybridized carbons (Fsp3) is 0.150. The molecule has 0 aromatic carbocycles. The van der Waals surface area contributed by atoms with Crippen molar-refractivity contribution in [1.82, 2.24) is 15.0 Å². The van der Waals surface area contributed by atoms with Gasteiger partial charge in [0.25, 0.3) is 0 Å². The quantitative estimate of drug-likeness (QED) is 0.707. The number of pyridine rings is 3. The van der Waals surface area contributed by atoms with Crippen LogP contribution in [0.5, 0.6) is 0 Å². The third-order valence-corrected chi connectivity index (χ3v) is 3.94. The summed E-state index contributed by atoms with van der Waals surface area (Å²) in [7, 11) is 0. The molecule has 0 atom stereocenters. The molecule has 0 spiro atoms. The van der Waals surface area contributed by atoms with Crippen molar-refractivity contribution in [2.75, 3.05) is 0 Å². The zero-order valence-electron chi connectivity index (χ0n) is 14.1. The monoisotopic (exact) mass is 341 g/mol. The van der Waals surface area contributed by atoms with Gasteiger partial charge in [0, 0.05) is 6.20 Å². The van der Waals surface area contributed by atoms with Crippen LogP contribution in [0, 0.1) is 22.7 Å². The molecule has 3 rings (SSSR count). The molecule has 0 unspecified atom stereocenters. The average Bonchev–Trinajstić information content (AvgIpc) is 2.72. The Kier molecular flexibility index (Phi) is 4.98. The van der Waals surface area contributed by atoms with Crippen molar-refractivity contribution in [3.05, 3.63) is 89.3 Å². The highest BCUT2D eigenvalue weighted by atomic mass is 16.5. The van der Waals surface area contributed by atoms with Gasteiger partial charge in [-0.05, 0) is 43.3 Å². The highest BCUT2D eigenvalue weighted by Gasteiger charge is 2.34. The van der Waals surface area contributed by atoms with Gasteiger partial charge in [-0.1, -0.05) is 18.2 Å². The van der Waals surface area contributed by atoms with Gasteiger partial charge in [0.05, 0.1) is 23.7 Å². The first-order chi connectivity index (χ1) is 12.7. The van der Waals surface area contributed by atoms with Gasteiger partial charge in [-0.25, -0.2) is 9.97 Å². The highest BCUT2D eigenvalue weighted by molar-refractivity contribution is 5.33. The number of hydrogen-bond donors (Lipinski definition) is 0. The first-order valence-corrected chi connectivity index (χ1v) is 7.95. The minimum atomic E-state index is -1.04. The van der Waals surface area contributed by atoms with Crippen molar-refractivity contribution in [3.63, 3.8) is 0 Å². The second-order valence-corrected chi connectivity index (χ2v) is 5.68. The predicted octanol–water partition coefficient (Wildman–Crippen LogP) is 3.10. The molecule has 3 aromatic rings. The van der Waals surface area contributed by atoms with Crippen LogP contribution in [-0.4, -0.2) is 15.0 Å². The van der Waals surface area contributed by atoms with E-state index in [1.807, 2.05) is 37.3 Å². The van der Waals surface area contributed by atoms with Crippen molar-refractivity contribution in [2.24, 2.45) is 0 Å². The van der Waals surface area contributed by atoms with E-state index < -0.39 is 5.60 Å². The van der Waals surface area contributed by atoms with Crippen LogP contribution in [0.4, 0.5) is 0 Å². The number of hydrogen-bond acceptors (Lipinski definition) is 6. The molecule has 0 amide bonds. The summed E-state index contributed by atoms with van der Waals surface area (Å²) in [5.74, 6) is 0. The van der Waals surface area contributed by atoms with E-state index in [0.29, 0.717) is 11.4 Å². The lowest BCUT2D eigenvalue weighted by Gasteiger charge is -2.29. The smallest absolute Gasteiger partial charge is 0.149 e. The lowest BCUT2D eigenvalue weighted by Crippen LogP contribution is -2.30. The van der Waals surface area contributed by atoms with E-state index in [2.05, 4.69) is 15.0 Å². The minimum absolute atomic E-state index is 0.230. The molecule has 3 heterocycles. The Bertz CT molecular complexity index is 931. The molecule has 0 saturated carbocycles. The molecule has 0 aliphatic rings. The van der Waals surface area contributed by atoms with E-state index in [1.165, 1.54) is 0 Å². The van der Waals surface area contributed by atoms with E-state index >= 15 is 0 Å². The lowest BCUT2D eigenvalue weighted by molar-refractivity contribution is -0.0240. The maximum absolute atomic E-state index is 9.17. The van der Waals surface area contributed by atoms with E-state index in [1.54, 1.807) is 42.6 Å². The molecule has 0 aliphatic carbocycles. The summed E-state index contributed by atoms with van der Waals surface area (Å²) in [5, 5.41) is 18.3.